The first-order valence-electron chi connectivity index (χ1n) is 7.14. The number of carbonyl (C=O) groups excluding carboxylic acids is 2. The number of rotatable bonds is 9. The highest BCUT2D eigenvalue weighted by atomic mass is 19.1. The van der Waals surface area contributed by atoms with E-state index in [0.29, 0.717) is 12.1 Å². The summed E-state index contributed by atoms with van der Waals surface area (Å²) in [5, 5.41) is 8.56. The second-order valence-electron chi connectivity index (χ2n) is 4.61. The molecule has 0 radical (unpaired) electrons. The van der Waals surface area contributed by atoms with Crippen LogP contribution >= 0.6 is 0 Å². The molecular formula is C15H22FN3O2. The number of amides is 2. The summed E-state index contributed by atoms with van der Waals surface area (Å²) >= 11 is 0. The SMILES string of the molecule is CCCNCCNC(=O)CCNC(=O)c1ccc(F)cc1. The van der Waals surface area contributed by atoms with E-state index in [9.17, 15) is 14.0 Å². The largest absolute Gasteiger partial charge is 0.355 e. The van der Waals surface area contributed by atoms with Gasteiger partial charge in [0.05, 0.1) is 0 Å². The van der Waals surface area contributed by atoms with Crippen molar-refractivity contribution in [2.24, 2.45) is 0 Å². The number of benzene rings is 1. The lowest BCUT2D eigenvalue weighted by molar-refractivity contribution is -0.120. The average molecular weight is 295 g/mol. The van der Waals surface area contributed by atoms with E-state index < -0.39 is 0 Å². The van der Waals surface area contributed by atoms with E-state index in [1.807, 2.05) is 0 Å². The van der Waals surface area contributed by atoms with Crippen molar-refractivity contribution < 1.29 is 14.0 Å². The van der Waals surface area contributed by atoms with E-state index in [1.54, 1.807) is 0 Å². The highest BCUT2D eigenvalue weighted by Crippen LogP contribution is 2.02. The van der Waals surface area contributed by atoms with Crippen molar-refractivity contribution in [1.82, 2.24) is 16.0 Å². The summed E-state index contributed by atoms with van der Waals surface area (Å²) in [4.78, 5) is 23.2. The molecule has 0 aromatic heterocycles. The first-order chi connectivity index (χ1) is 10.1. The quantitative estimate of drug-likeness (QED) is 0.597. The highest BCUT2D eigenvalue weighted by Gasteiger charge is 2.06. The van der Waals surface area contributed by atoms with Gasteiger partial charge in [-0.1, -0.05) is 6.92 Å². The van der Waals surface area contributed by atoms with Crippen molar-refractivity contribution in [3.63, 3.8) is 0 Å². The maximum absolute atomic E-state index is 12.7. The van der Waals surface area contributed by atoms with E-state index in [1.165, 1.54) is 24.3 Å². The van der Waals surface area contributed by atoms with Gasteiger partial charge in [-0.3, -0.25) is 9.59 Å². The Morgan fingerprint density at radius 2 is 1.71 bits per heavy atom. The second-order valence-corrected chi connectivity index (χ2v) is 4.61. The van der Waals surface area contributed by atoms with Gasteiger partial charge in [-0.05, 0) is 37.2 Å². The van der Waals surface area contributed by atoms with Crippen LogP contribution in [0.4, 0.5) is 4.39 Å². The van der Waals surface area contributed by atoms with Crippen LogP contribution in [0.3, 0.4) is 0 Å². The Hall–Kier alpha value is -1.95. The molecule has 0 unspecified atom stereocenters. The van der Waals surface area contributed by atoms with Crippen LogP contribution in [0, 0.1) is 5.82 Å². The fourth-order valence-electron chi connectivity index (χ4n) is 1.67. The molecule has 0 aliphatic rings. The van der Waals surface area contributed by atoms with Gasteiger partial charge in [0.25, 0.3) is 5.91 Å². The third-order valence-corrected chi connectivity index (χ3v) is 2.79. The van der Waals surface area contributed by atoms with E-state index in [4.69, 9.17) is 0 Å². The molecule has 0 aliphatic heterocycles. The third-order valence-electron chi connectivity index (χ3n) is 2.79. The Labute approximate surface area is 124 Å². The monoisotopic (exact) mass is 295 g/mol. The number of carbonyl (C=O) groups is 2. The number of hydrogen-bond acceptors (Lipinski definition) is 3. The minimum atomic E-state index is -0.386. The van der Waals surface area contributed by atoms with E-state index >= 15 is 0 Å². The molecule has 2 amide bonds. The molecule has 116 valence electrons. The number of halogens is 1. The van der Waals surface area contributed by atoms with Gasteiger partial charge in [0.15, 0.2) is 0 Å². The molecule has 6 heteroatoms. The number of nitrogens with one attached hydrogen (secondary N) is 3. The normalized spacial score (nSPS) is 10.2. The predicted molar refractivity (Wildman–Crippen MR) is 79.5 cm³/mol. The fourth-order valence-corrected chi connectivity index (χ4v) is 1.67. The highest BCUT2D eigenvalue weighted by molar-refractivity contribution is 5.94. The zero-order valence-corrected chi connectivity index (χ0v) is 12.2. The number of hydrogen-bond donors (Lipinski definition) is 3. The van der Waals surface area contributed by atoms with Crippen molar-refractivity contribution in [1.29, 1.82) is 0 Å². The van der Waals surface area contributed by atoms with Crippen molar-refractivity contribution in [3.05, 3.63) is 35.6 Å². The van der Waals surface area contributed by atoms with Gasteiger partial charge in [0.1, 0.15) is 5.82 Å². The van der Waals surface area contributed by atoms with Gasteiger partial charge in [-0.25, -0.2) is 4.39 Å². The standard InChI is InChI=1S/C15H22FN3O2/c1-2-8-17-10-11-18-14(20)7-9-19-15(21)12-3-5-13(16)6-4-12/h3-6,17H,2,7-11H2,1H3,(H,18,20)(H,19,21). The van der Waals surface area contributed by atoms with Gasteiger partial charge >= 0.3 is 0 Å². The molecule has 0 spiro atoms. The first-order valence-corrected chi connectivity index (χ1v) is 7.14. The lowest BCUT2D eigenvalue weighted by Crippen LogP contribution is -2.34. The minimum absolute atomic E-state index is 0.104. The summed E-state index contributed by atoms with van der Waals surface area (Å²) < 4.78 is 12.7. The molecule has 0 bridgehead atoms. The van der Waals surface area contributed by atoms with Gasteiger partial charge in [0.2, 0.25) is 5.91 Å². The predicted octanol–water partition coefficient (Wildman–Crippen LogP) is 1.06. The lowest BCUT2D eigenvalue weighted by atomic mass is 10.2. The van der Waals surface area contributed by atoms with Gasteiger partial charge in [-0.15, -0.1) is 0 Å². The van der Waals surface area contributed by atoms with Crippen LogP contribution in [-0.4, -0.2) is 38.0 Å². The fraction of sp³-hybridized carbons (Fsp3) is 0.467. The lowest BCUT2D eigenvalue weighted by Gasteiger charge is -2.07. The zero-order chi connectivity index (χ0) is 15.5. The van der Waals surface area contributed by atoms with Gasteiger partial charge < -0.3 is 16.0 Å². The molecule has 0 heterocycles. The zero-order valence-electron chi connectivity index (χ0n) is 12.2. The summed E-state index contributed by atoms with van der Waals surface area (Å²) in [5.41, 5.74) is 0.376. The molecule has 21 heavy (non-hydrogen) atoms. The first kappa shape index (κ1) is 17.1. The summed E-state index contributed by atoms with van der Waals surface area (Å²) in [6.45, 7) is 4.58. The van der Waals surface area contributed by atoms with E-state index in [2.05, 4.69) is 22.9 Å². The maximum atomic E-state index is 12.7. The molecule has 5 nitrogen and oxygen atoms in total. The van der Waals surface area contributed by atoms with Gasteiger partial charge in [-0.2, -0.15) is 0 Å². The van der Waals surface area contributed by atoms with Crippen LogP contribution in [0.25, 0.3) is 0 Å². The third kappa shape index (κ3) is 7.41. The van der Waals surface area contributed by atoms with Crippen LogP contribution in [0.1, 0.15) is 30.1 Å². The molecule has 3 N–H and O–H groups in total. The van der Waals surface area contributed by atoms with Crippen molar-refractivity contribution in [2.75, 3.05) is 26.2 Å². The summed E-state index contributed by atoms with van der Waals surface area (Å²) in [6, 6.07) is 5.27. The minimum Gasteiger partial charge on any atom is -0.355 e. The van der Waals surface area contributed by atoms with E-state index in [-0.39, 0.29) is 30.6 Å². The molecule has 0 fully saturated rings. The smallest absolute Gasteiger partial charge is 0.251 e. The summed E-state index contributed by atoms with van der Waals surface area (Å²) in [6.07, 6.45) is 1.28. The second kappa shape index (κ2) is 9.88. The summed E-state index contributed by atoms with van der Waals surface area (Å²) in [7, 11) is 0. The average Bonchev–Trinajstić information content (AvgIpc) is 2.47. The van der Waals surface area contributed by atoms with Crippen LogP contribution < -0.4 is 16.0 Å². The molecule has 1 aromatic carbocycles. The topological polar surface area (TPSA) is 70.2 Å². The van der Waals surface area contributed by atoms with Crippen LogP contribution in [0.2, 0.25) is 0 Å². The van der Waals surface area contributed by atoms with Crippen molar-refractivity contribution >= 4 is 11.8 Å². The molecule has 0 saturated heterocycles. The molecule has 0 atom stereocenters. The van der Waals surface area contributed by atoms with Crippen LogP contribution in [0.5, 0.6) is 0 Å². The van der Waals surface area contributed by atoms with Crippen LogP contribution in [-0.2, 0) is 4.79 Å². The molecule has 0 aliphatic carbocycles. The van der Waals surface area contributed by atoms with E-state index in [0.717, 1.165) is 19.5 Å². The Morgan fingerprint density at radius 1 is 1.00 bits per heavy atom. The maximum Gasteiger partial charge on any atom is 0.251 e. The molecule has 0 saturated carbocycles. The Morgan fingerprint density at radius 3 is 2.38 bits per heavy atom. The molecule has 1 aromatic rings. The van der Waals surface area contributed by atoms with Crippen molar-refractivity contribution in [2.45, 2.75) is 19.8 Å². The Balaban J connectivity index is 2.13. The van der Waals surface area contributed by atoms with Crippen molar-refractivity contribution in [3.8, 4) is 0 Å². The van der Waals surface area contributed by atoms with Gasteiger partial charge in [0, 0.05) is 31.6 Å². The summed E-state index contributed by atoms with van der Waals surface area (Å²) in [5.74, 6) is -0.803. The molecular weight excluding hydrogens is 273 g/mol. The van der Waals surface area contributed by atoms with Crippen LogP contribution in [0.15, 0.2) is 24.3 Å². The Bertz CT molecular complexity index is 449. The molecule has 1 rings (SSSR count). The Kier molecular flexibility index (Phi) is 8.04.